The van der Waals surface area contributed by atoms with Crippen LogP contribution in [0.1, 0.15) is 39.3 Å². The largest absolute Gasteiger partial charge is 0.507 e. The standard InChI is InChI=1S/C18H28N2O5/c1-11(16-13(21)7-6-8-14(16)22)19-12-9-20(10-15(12)24-5)17(23)25-18(2,3)4/h6-8,11-12,15,19,21-22H,9-10H2,1-5H3/t11?,12?,15-/m0/s1. The molecule has 0 radical (unpaired) electrons. The van der Waals surface area contributed by atoms with E-state index < -0.39 is 5.60 Å². The second kappa shape index (κ2) is 7.49. The van der Waals surface area contributed by atoms with Gasteiger partial charge in [0.1, 0.15) is 17.1 Å². The number of ether oxygens (including phenoxy) is 2. The van der Waals surface area contributed by atoms with Gasteiger partial charge in [0, 0.05) is 19.7 Å². The van der Waals surface area contributed by atoms with Crippen LogP contribution in [-0.4, -0.2) is 59.2 Å². The van der Waals surface area contributed by atoms with Gasteiger partial charge in [-0.25, -0.2) is 4.79 Å². The maximum absolute atomic E-state index is 12.3. The van der Waals surface area contributed by atoms with E-state index in [1.54, 1.807) is 18.1 Å². The number of nitrogens with one attached hydrogen (secondary N) is 1. The Hall–Kier alpha value is -1.99. The van der Waals surface area contributed by atoms with Crippen LogP contribution in [0.5, 0.6) is 11.5 Å². The molecule has 1 heterocycles. The van der Waals surface area contributed by atoms with E-state index in [1.807, 2.05) is 27.7 Å². The molecule has 1 fully saturated rings. The second-order valence-electron chi connectivity index (χ2n) is 7.36. The smallest absolute Gasteiger partial charge is 0.410 e. The molecule has 1 amide bonds. The SMILES string of the molecule is CO[C@H]1CN(C(=O)OC(C)(C)C)CC1NC(C)c1c(O)cccc1O. The van der Waals surface area contributed by atoms with E-state index >= 15 is 0 Å². The summed E-state index contributed by atoms with van der Waals surface area (Å²) in [7, 11) is 1.60. The highest BCUT2D eigenvalue weighted by Crippen LogP contribution is 2.33. The van der Waals surface area contributed by atoms with Gasteiger partial charge in [0.05, 0.1) is 24.3 Å². The molecular weight excluding hydrogens is 324 g/mol. The molecule has 2 rings (SSSR count). The van der Waals surface area contributed by atoms with Gasteiger partial charge in [-0.1, -0.05) is 6.07 Å². The summed E-state index contributed by atoms with van der Waals surface area (Å²) in [5, 5.41) is 23.4. The fraction of sp³-hybridized carbons (Fsp3) is 0.611. The van der Waals surface area contributed by atoms with Crippen LogP contribution < -0.4 is 5.32 Å². The first kappa shape index (κ1) is 19.3. The number of likely N-dealkylation sites (tertiary alicyclic amines) is 1. The summed E-state index contributed by atoms with van der Waals surface area (Å²) in [6.07, 6.45) is -0.583. The van der Waals surface area contributed by atoms with Crippen molar-refractivity contribution in [1.82, 2.24) is 10.2 Å². The van der Waals surface area contributed by atoms with Gasteiger partial charge in [-0.3, -0.25) is 0 Å². The van der Waals surface area contributed by atoms with Crippen molar-refractivity contribution in [1.29, 1.82) is 0 Å². The number of benzene rings is 1. The van der Waals surface area contributed by atoms with Crippen molar-refractivity contribution in [3.8, 4) is 11.5 Å². The Balaban J connectivity index is 2.07. The number of methoxy groups -OCH3 is 1. The molecule has 1 aliphatic rings. The number of amides is 1. The number of aromatic hydroxyl groups is 2. The summed E-state index contributed by atoms with van der Waals surface area (Å²) in [6.45, 7) is 8.17. The molecule has 2 unspecified atom stereocenters. The van der Waals surface area contributed by atoms with E-state index in [4.69, 9.17) is 9.47 Å². The molecule has 25 heavy (non-hydrogen) atoms. The first-order chi connectivity index (χ1) is 11.6. The van der Waals surface area contributed by atoms with Gasteiger partial charge < -0.3 is 29.9 Å². The number of rotatable bonds is 4. The second-order valence-corrected chi connectivity index (χ2v) is 7.36. The molecule has 7 heteroatoms. The lowest BCUT2D eigenvalue weighted by atomic mass is 10.0. The average molecular weight is 352 g/mol. The van der Waals surface area contributed by atoms with Crippen LogP contribution >= 0.6 is 0 Å². The van der Waals surface area contributed by atoms with Gasteiger partial charge in [-0.15, -0.1) is 0 Å². The highest BCUT2D eigenvalue weighted by molar-refractivity contribution is 5.68. The highest BCUT2D eigenvalue weighted by atomic mass is 16.6. The van der Waals surface area contributed by atoms with Crippen molar-refractivity contribution in [2.75, 3.05) is 20.2 Å². The number of nitrogens with zero attached hydrogens (tertiary/aromatic N) is 1. The quantitative estimate of drug-likeness (QED) is 0.771. The Morgan fingerprint density at radius 1 is 1.28 bits per heavy atom. The molecule has 0 bridgehead atoms. The Labute approximate surface area is 148 Å². The number of phenols is 2. The van der Waals surface area contributed by atoms with Crippen molar-refractivity contribution < 1.29 is 24.5 Å². The van der Waals surface area contributed by atoms with E-state index in [0.717, 1.165) is 0 Å². The van der Waals surface area contributed by atoms with Gasteiger partial charge in [0.25, 0.3) is 0 Å². The Bertz CT molecular complexity index is 594. The minimum Gasteiger partial charge on any atom is -0.507 e. The molecule has 0 saturated carbocycles. The number of hydrogen-bond donors (Lipinski definition) is 3. The van der Waals surface area contributed by atoms with E-state index in [2.05, 4.69) is 5.32 Å². The van der Waals surface area contributed by atoms with Crippen LogP contribution in [0.15, 0.2) is 18.2 Å². The molecule has 1 aliphatic heterocycles. The molecule has 0 spiro atoms. The van der Waals surface area contributed by atoms with Crippen molar-refractivity contribution in [2.24, 2.45) is 0 Å². The molecule has 0 aliphatic carbocycles. The van der Waals surface area contributed by atoms with Gasteiger partial charge >= 0.3 is 6.09 Å². The third-order valence-electron chi connectivity index (χ3n) is 4.18. The van der Waals surface area contributed by atoms with Gasteiger partial charge in [0.15, 0.2) is 0 Å². The van der Waals surface area contributed by atoms with Crippen molar-refractivity contribution in [3.05, 3.63) is 23.8 Å². The minimum absolute atomic E-state index is 0.0240. The summed E-state index contributed by atoms with van der Waals surface area (Å²) in [4.78, 5) is 13.9. The van der Waals surface area contributed by atoms with Crippen LogP contribution in [0, 0.1) is 0 Å². The fourth-order valence-electron chi connectivity index (χ4n) is 3.04. The van der Waals surface area contributed by atoms with Crippen LogP contribution in [0.2, 0.25) is 0 Å². The molecular formula is C18H28N2O5. The van der Waals surface area contributed by atoms with Crippen molar-refractivity contribution in [2.45, 2.75) is 51.5 Å². The third-order valence-corrected chi connectivity index (χ3v) is 4.18. The minimum atomic E-state index is -0.555. The summed E-state index contributed by atoms with van der Waals surface area (Å²) < 4.78 is 10.9. The van der Waals surface area contributed by atoms with Crippen LogP contribution in [0.3, 0.4) is 0 Å². The van der Waals surface area contributed by atoms with E-state index in [-0.39, 0.29) is 35.8 Å². The maximum atomic E-state index is 12.3. The predicted octanol–water partition coefficient (Wildman–Crippen LogP) is 2.38. The molecule has 3 N–H and O–H groups in total. The van der Waals surface area contributed by atoms with E-state index in [0.29, 0.717) is 18.7 Å². The zero-order valence-electron chi connectivity index (χ0n) is 15.4. The normalized spacial score (nSPS) is 22.0. The first-order valence-corrected chi connectivity index (χ1v) is 8.40. The summed E-state index contributed by atoms with van der Waals surface area (Å²) in [5.41, 5.74) is -0.131. The van der Waals surface area contributed by atoms with Gasteiger partial charge in [-0.2, -0.15) is 0 Å². The molecule has 3 atom stereocenters. The number of hydrogen-bond acceptors (Lipinski definition) is 6. The molecule has 0 aromatic heterocycles. The van der Waals surface area contributed by atoms with Crippen molar-refractivity contribution >= 4 is 6.09 Å². The first-order valence-electron chi connectivity index (χ1n) is 8.40. The van der Waals surface area contributed by atoms with E-state index in [9.17, 15) is 15.0 Å². The molecule has 1 aromatic rings. The Morgan fingerprint density at radius 2 is 1.88 bits per heavy atom. The van der Waals surface area contributed by atoms with Gasteiger partial charge in [-0.05, 0) is 39.8 Å². The number of carbonyl (C=O) groups excluding carboxylic acids is 1. The summed E-state index contributed by atoms with van der Waals surface area (Å²) in [6, 6.07) is 4.18. The zero-order valence-corrected chi connectivity index (χ0v) is 15.4. The number of phenolic OH excluding ortho intramolecular Hbond substituents is 2. The summed E-state index contributed by atoms with van der Waals surface area (Å²) in [5.74, 6) is 0.0481. The number of carbonyl (C=O) groups is 1. The molecule has 1 aromatic carbocycles. The Morgan fingerprint density at radius 3 is 2.40 bits per heavy atom. The summed E-state index contributed by atoms with van der Waals surface area (Å²) >= 11 is 0. The van der Waals surface area contributed by atoms with Crippen molar-refractivity contribution in [3.63, 3.8) is 0 Å². The lowest BCUT2D eigenvalue weighted by Crippen LogP contribution is -2.42. The lowest BCUT2D eigenvalue weighted by molar-refractivity contribution is 0.0252. The van der Waals surface area contributed by atoms with Gasteiger partial charge in [0.2, 0.25) is 0 Å². The van der Waals surface area contributed by atoms with Crippen LogP contribution in [0.4, 0.5) is 4.79 Å². The molecule has 7 nitrogen and oxygen atoms in total. The average Bonchev–Trinajstić information content (AvgIpc) is 2.88. The monoisotopic (exact) mass is 352 g/mol. The lowest BCUT2D eigenvalue weighted by Gasteiger charge is -2.25. The Kier molecular flexibility index (Phi) is 5.80. The predicted molar refractivity (Wildman–Crippen MR) is 93.7 cm³/mol. The van der Waals surface area contributed by atoms with E-state index in [1.165, 1.54) is 12.1 Å². The maximum Gasteiger partial charge on any atom is 0.410 e. The topological polar surface area (TPSA) is 91.3 Å². The zero-order chi connectivity index (χ0) is 18.8. The fourth-order valence-corrected chi connectivity index (χ4v) is 3.04. The van der Waals surface area contributed by atoms with Crippen LogP contribution in [0.25, 0.3) is 0 Å². The highest BCUT2D eigenvalue weighted by Gasteiger charge is 2.38. The molecule has 1 saturated heterocycles. The van der Waals surface area contributed by atoms with Crippen LogP contribution in [-0.2, 0) is 9.47 Å². The molecule has 140 valence electrons. The third kappa shape index (κ3) is 4.76.